The van der Waals surface area contributed by atoms with Gasteiger partial charge in [-0.05, 0) is 73.5 Å². The number of amides is 1. The van der Waals surface area contributed by atoms with Crippen LogP contribution in [-0.2, 0) is 18.0 Å². The predicted octanol–water partition coefficient (Wildman–Crippen LogP) is 5.29. The largest absolute Gasteiger partial charge is 0.497 e. The molecule has 1 amide bonds. The van der Waals surface area contributed by atoms with Crippen molar-refractivity contribution in [2.75, 3.05) is 39.2 Å². The van der Waals surface area contributed by atoms with Crippen molar-refractivity contribution in [2.45, 2.75) is 32.5 Å². The van der Waals surface area contributed by atoms with Crippen LogP contribution < -0.4 is 24.3 Å². The number of anilines is 1. The van der Waals surface area contributed by atoms with Crippen LogP contribution in [-0.4, -0.2) is 44.7 Å². The Bertz CT molecular complexity index is 1110. The molecule has 0 unspecified atom stereocenters. The molecular weight excluding hydrogens is 456 g/mol. The van der Waals surface area contributed by atoms with Crippen LogP contribution in [0.25, 0.3) is 0 Å². The first kappa shape index (κ1) is 25.4. The molecule has 7 heteroatoms. The lowest BCUT2D eigenvalue weighted by atomic mass is 10.2. The molecule has 0 aliphatic carbocycles. The van der Waals surface area contributed by atoms with Crippen molar-refractivity contribution >= 4 is 11.6 Å². The molecule has 0 spiro atoms. The number of likely N-dealkylation sites (tertiary alicyclic amines) is 1. The third-order valence-corrected chi connectivity index (χ3v) is 6.19. The molecule has 1 heterocycles. The van der Waals surface area contributed by atoms with Gasteiger partial charge in [-0.2, -0.15) is 0 Å². The van der Waals surface area contributed by atoms with E-state index in [0.717, 1.165) is 42.3 Å². The Morgan fingerprint density at radius 2 is 1.33 bits per heavy atom. The summed E-state index contributed by atoms with van der Waals surface area (Å²) in [6.07, 6.45) is 2.90. The second-order valence-electron chi connectivity index (χ2n) is 8.78. The molecule has 0 saturated carbocycles. The van der Waals surface area contributed by atoms with Crippen molar-refractivity contribution in [3.63, 3.8) is 0 Å². The van der Waals surface area contributed by atoms with E-state index in [1.807, 2.05) is 66.7 Å². The molecular formula is C29H34N2O5. The SMILES string of the molecule is COc1ccc(COc2ccc(NC(=O)CCN3CCCC3)cc2OCc2ccc(OC)cc2)cc1. The van der Waals surface area contributed by atoms with E-state index in [-0.39, 0.29) is 5.91 Å². The quantitative estimate of drug-likeness (QED) is 0.372. The Hall–Kier alpha value is -3.71. The van der Waals surface area contributed by atoms with Gasteiger partial charge in [-0.25, -0.2) is 0 Å². The highest BCUT2D eigenvalue weighted by Crippen LogP contribution is 2.32. The molecule has 1 aliphatic heterocycles. The fourth-order valence-electron chi connectivity index (χ4n) is 4.07. The van der Waals surface area contributed by atoms with Gasteiger partial charge in [0, 0.05) is 24.7 Å². The summed E-state index contributed by atoms with van der Waals surface area (Å²) in [6.45, 7) is 3.68. The van der Waals surface area contributed by atoms with E-state index in [9.17, 15) is 4.79 Å². The molecule has 1 saturated heterocycles. The van der Waals surface area contributed by atoms with Gasteiger partial charge in [-0.3, -0.25) is 4.79 Å². The second kappa shape index (κ2) is 12.8. The number of rotatable bonds is 12. The Balaban J connectivity index is 1.43. The van der Waals surface area contributed by atoms with Crippen molar-refractivity contribution in [3.05, 3.63) is 77.9 Å². The van der Waals surface area contributed by atoms with E-state index in [1.54, 1.807) is 14.2 Å². The van der Waals surface area contributed by atoms with E-state index >= 15 is 0 Å². The summed E-state index contributed by atoms with van der Waals surface area (Å²) in [4.78, 5) is 14.9. The normalized spacial score (nSPS) is 13.3. The molecule has 0 bridgehead atoms. The molecule has 1 N–H and O–H groups in total. The van der Waals surface area contributed by atoms with Crippen LogP contribution >= 0.6 is 0 Å². The van der Waals surface area contributed by atoms with Crippen molar-refractivity contribution in [2.24, 2.45) is 0 Å². The number of carbonyl (C=O) groups excluding carboxylic acids is 1. The molecule has 4 rings (SSSR count). The van der Waals surface area contributed by atoms with Gasteiger partial charge in [0.05, 0.1) is 14.2 Å². The Morgan fingerprint density at radius 3 is 1.89 bits per heavy atom. The van der Waals surface area contributed by atoms with Gasteiger partial charge >= 0.3 is 0 Å². The van der Waals surface area contributed by atoms with Gasteiger partial charge in [0.2, 0.25) is 5.91 Å². The summed E-state index contributed by atoms with van der Waals surface area (Å²) >= 11 is 0. The highest BCUT2D eigenvalue weighted by atomic mass is 16.5. The van der Waals surface area contributed by atoms with Crippen molar-refractivity contribution in [1.29, 1.82) is 0 Å². The number of hydrogen-bond acceptors (Lipinski definition) is 6. The fraction of sp³-hybridized carbons (Fsp3) is 0.345. The van der Waals surface area contributed by atoms with Gasteiger partial charge in [0.15, 0.2) is 11.5 Å². The van der Waals surface area contributed by atoms with E-state index in [1.165, 1.54) is 12.8 Å². The van der Waals surface area contributed by atoms with Gasteiger partial charge in [0.25, 0.3) is 0 Å². The van der Waals surface area contributed by atoms with Crippen molar-refractivity contribution in [1.82, 2.24) is 4.90 Å². The molecule has 0 radical (unpaired) electrons. The lowest BCUT2D eigenvalue weighted by Crippen LogP contribution is -2.25. The third-order valence-electron chi connectivity index (χ3n) is 6.19. The van der Waals surface area contributed by atoms with E-state index in [2.05, 4.69) is 10.2 Å². The lowest BCUT2D eigenvalue weighted by molar-refractivity contribution is -0.116. The predicted molar refractivity (Wildman–Crippen MR) is 140 cm³/mol. The first-order valence-corrected chi connectivity index (χ1v) is 12.3. The number of methoxy groups -OCH3 is 2. The van der Waals surface area contributed by atoms with E-state index in [4.69, 9.17) is 18.9 Å². The van der Waals surface area contributed by atoms with Crippen LogP contribution in [0, 0.1) is 0 Å². The lowest BCUT2D eigenvalue weighted by Gasteiger charge is -2.16. The van der Waals surface area contributed by atoms with Crippen molar-refractivity contribution < 1.29 is 23.7 Å². The average Bonchev–Trinajstić information content (AvgIpc) is 3.44. The zero-order valence-electron chi connectivity index (χ0n) is 21.0. The highest BCUT2D eigenvalue weighted by Gasteiger charge is 2.14. The first-order chi connectivity index (χ1) is 17.6. The number of carbonyl (C=O) groups is 1. The number of hydrogen-bond donors (Lipinski definition) is 1. The summed E-state index contributed by atoms with van der Waals surface area (Å²) in [7, 11) is 3.29. The standard InChI is InChI=1S/C29H34N2O5/c1-33-25-10-5-22(6-11-25)20-35-27-14-9-24(30-29(32)15-18-31-16-3-4-17-31)19-28(27)36-21-23-7-12-26(34-2)13-8-23/h5-14,19H,3-4,15-18,20-21H2,1-2H3,(H,30,32). The molecule has 1 fully saturated rings. The van der Waals surface area contributed by atoms with Crippen LogP contribution in [0.3, 0.4) is 0 Å². The minimum atomic E-state index is -0.00472. The summed E-state index contributed by atoms with van der Waals surface area (Å²) < 4.78 is 22.7. The number of ether oxygens (including phenoxy) is 4. The molecule has 0 aromatic heterocycles. The molecule has 3 aromatic carbocycles. The van der Waals surface area contributed by atoms with Gasteiger partial charge in [0.1, 0.15) is 24.7 Å². The van der Waals surface area contributed by atoms with Crippen LogP contribution in [0.5, 0.6) is 23.0 Å². The van der Waals surface area contributed by atoms with E-state index < -0.39 is 0 Å². The second-order valence-corrected chi connectivity index (χ2v) is 8.78. The van der Waals surface area contributed by atoms with Crippen LogP contribution in [0.15, 0.2) is 66.7 Å². The van der Waals surface area contributed by atoms with Crippen molar-refractivity contribution in [3.8, 4) is 23.0 Å². The zero-order valence-corrected chi connectivity index (χ0v) is 21.0. The van der Waals surface area contributed by atoms with Crippen LogP contribution in [0.1, 0.15) is 30.4 Å². The fourth-order valence-corrected chi connectivity index (χ4v) is 4.07. The maximum absolute atomic E-state index is 12.5. The number of nitrogens with zero attached hydrogens (tertiary/aromatic N) is 1. The van der Waals surface area contributed by atoms with Crippen LogP contribution in [0.2, 0.25) is 0 Å². The maximum atomic E-state index is 12.5. The van der Waals surface area contributed by atoms with E-state index in [0.29, 0.717) is 36.8 Å². The topological polar surface area (TPSA) is 69.3 Å². The Kier molecular flexibility index (Phi) is 9.05. The Labute approximate surface area is 212 Å². The average molecular weight is 491 g/mol. The third kappa shape index (κ3) is 7.39. The van der Waals surface area contributed by atoms with Gasteiger partial charge < -0.3 is 29.2 Å². The molecule has 1 aliphatic rings. The molecule has 0 atom stereocenters. The van der Waals surface area contributed by atoms with Gasteiger partial charge in [-0.15, -0.1) is 0 Å². The number of benzene rings is 3. The molecule has 7 nitrogen and oxygen atoms in total. The monoisotopic (exact) mass is 490 g/mol. The smallest absolute Gasteiger partial charge is 0.225 e. The molecule has 190 valence electrons. The first-order valence-electron chi connectivity index (χ1n) is 12.3. The van der Waals surface area contributed by atoms with Gasteiger partial charge in [-0.1, -0.05) is 24.3 Å². The minimum absolute atomic E-state index is 0.00472. The highest BCUT2D eigenvalue weighted by molar-refractivity contribution is 5.91. The summed E-state index contributed by atoms with van der Waals surface area (Å²) in [5.74, 6) is 2.76. The number of nitrogens with one attached hydrogen (secondary N) is 1. The summed E-state index contributed by atoms with van der Waals surface area (Å²) in [5, 5.41) is 3.00. The summed E-state index contributed by atoms with van der Waals surface area (Å²) in [5.41, 5.74) is 2.69. The van der Waals surface area contributed by atoms with Crippen LogP contribution in [0.4, 0.5) is 5.69 Å². The zero-order chi connectivity index (χ0) is 25.2. The summed E-state index contributed by atoms with van der Waals surface area (Å²) in [6, 6.07) is 21.0. The Morgan fingerprint density at radius 1 is 0.778 bits per heavy atom. The molecule has 36 heavy (non-hydrogen) atoms. The minimum Gasteiger partial charge on any atom is -0.497 e. The maximum Gasteiger partial charge on any atom is 0.225 e. The molecule has 3 aromatic rings.